The number of carboxylic acid groups (broad SMARTS) is 1. The van der Waals surface area contributed by atoms with Crippen LogP contribution in [0.3, 0.4) is 0 Å². The Morgan fingerprint density at radius 2 is 2.10 bits per heavy atom. The predicted octanol–water partition coefficient (Wildman–Crippen LogP) is 0.785. The highest BCUT2D eigenvalue weighted by Crippen LogP contribution is 2.58. The van der Waals surface area contributed by atoms with Crippen LogP contribution in [0.1, 0.15) is 18.4 Å². The fourth-order valence-electron chi connectivity index (χ4n) is 2.99. The van der Waals surface area contributed by atoms with E-state index in [9.17, 15) is 14.7 Å². The summed E-state index contributed by atoms with van der Waals surface area (Å²) >= 11 is 0. The molecular formula is C15H16NO4-. The number of hydrogen-bond acceptors (Lipinski definition) is 4. The average molecular weight is 274 g/mol. The van der Waals surface area contributed by atoms with Gasteiger partial charge in [0.2, 0.25) is 0 Å². The SMILES string of the molecule is O=C([O-])C1CC12CCN(C(=O)OCc1ccccc1)C2. The molecule has 0 N–H and O–H groups in total. The van der Waals surface area contributed by atoms with Gasteiger partial charge in [-0.25, -0.2) is 4.79 Å². The van der Waals surface area contributed by atoms with Crippen molar-refractivity contribution >= 4 is 12.1 Å². The summed E-state index contributed by atoms with van der Waals surface area (Å²) < 4.78 is 5.25. The zero-order chi connectivity index (χ0) is 14.2. The monoisotopic (exact) mass is 274 g/mol. The van der Waals surface area contributed by atoms with Crippen molar-refractivity contribution in [1.29, 1.82) is 0 Å². The van der Waals surface area contributed by atoms with Crippen LogP contribution in [-0.2, 0) is 16.1 Å². The number of amides is 1. The maximum atomic E-state index is 12.0. The second kappa shape index (κ2) is 4.81. The van der Waals surface area contributed by atoms with Crippen LogP contribution in [0, 0.1) is 11.3 Å². The van der Waals surface area contributed by atoms with Gasteiger partial charge in [0.15, 0.2) is 0 Å². The van der Waals surface area contributed by atoms with Crippen LogP contribution in [0.5, 0.6) is 0 Å². The van der Waals surface area contributed by atoms with Gasteiger partial charge in [0.25, 0.3) is 0 Å². The van der Waals surface area contributed by atoms with Crippen molar-refractivity contribution < 1.29 is 19.4 Å². The van der Waals surface area contributed by atoms with Crippen LogP contribution < -0.4 is 5.11 Å². The standard InChI is InChI=1S/C15H17NO4/c17-13(18)12-8-15(12)6-7-16(10-15)14(19)20-9-11-4-2-1-3-5-11/h1-5,12H,6-10H2,(H,17,18)/p-1. The van der Waals surface area contributed by atoms with Crippen LogP contribution in [0.2, 0.25) is 0 Å². The number of carboxylic acids is 1. The summed E-state index contributed by atoms with van der Waals surface area (Å²) in [6, 6.07) is 9.48. The quantitative estimate of drug-likeness (QED) is 0.817. The molecule has 0 aromatic heterocycles. The Labute approximate surface area is 117 Å². The number of benzene rings is 1. The van der Waals surface area contributed by atoms with E-state index in [0.717, 1.165) is 12.0 Å². The summed E-state index contributed by atoms with van der Waals surface area (Å²) in [5.41, 5.74) is 0.693. The number of hydrogen-bond donors (Lipinski definition) is 0. The van der Waals surface area contributed by atoms with Gasteiger partial charge in [-0.1, -0.05) is 30.3 Å². The van der Waals surface area contributed by atoms with Crippen molar-refractivity contribution in [3.05, 3.63) is 35.9 Å². The Kier molecular flexibility index (Phi) is 3.12. The highest BCUT2D eigenvalue weighted by molar-refractivity contribution is 5.74. The number of rotatable bonds is 3. The first-order chi connectivity index (χ1) is 9.61. The Morgan fingerprint density at radius 1 is 1.35 bits per heavy atom. The van der Waals surface area contributed by atoms with Gasteiger partial charge < -0.3 is 19.5 Å². The minimum Gasteiger partial charge on any atom is -0.550 e. The second-order valence-electron chi connectivity index (χ2n) is 5.65. The second-order valence-corrected chi connectivity index (χ2v) is 5.65. The van der Waals surface area contributed by atoms with Gasteiger partial charge in [0.05, 0.1) is 0 Å². The fraction of sp³-hybridized carbons (Fsp3) is 0.467. The lowest BCUT2D eigenvalue weighted by Crippen LogP contribution is -2.31. The molecule has 1 amide bonds. The first-order valence-electron chi connectivity index (χ1n) is 6.77. The smallest absolute Gasteiger partial charge is 0.410 e. The third kappa shape index (κ3) is 2.35. The van der Waals surface area contributed by atoms with E-state index >= 15 is 0 Å². The summed E-state index contributed by atoms with van der Waals surface area (Å²) in [6.07, 6.45) is 0.985. The number of carbonyl (C=O) groups excluding carboxylic acids is 2. The van der Waals surface area contributed by atoms with Gasteiger partial charge in [-0.3, -0.25) is 0 Å². The lowest BCUT2D eigenvalue weighted by atomic mass is 10.0. The van der Waals surface area contributed by atoms with Crippen molar-refractivity contribution in [2.45, 2.75) is 19.4 Å². The molecule has 1 aliphatic carbocycles. The molecule has 1 aromatic carbocycles. The Morgan fingerprint density at radius 3 is 2.75 bits per heavy atom. The maximum Gasteiger partial charge on any atom is 0.410 e. The van der Waals surface area contributed by atoms with Gasteiger partial charge >= 0.3 is 6.09 Å². The van der Waals surface area contributed by atoms with Gasteiger partial charge in [-0.2, -0.15) is 0 Å². The van der Waals surface area contributed by atoms with Crippen LogP contribution in [0.4, 0.5) is 4.79 Å². The molecule has 0 radical (unpaired) electrons. The Hall–Kier alpha value is -2.04. The molecule has 3 rings (SSSR count). The third-order valence-corrected chi connectivity index (χ3v) is 4.32. The molecule has 1 spiro atoms. The molecule has 5 heteroatoms. The largest absolute Gasteiger partial charge is 0.550 e. The summed E-state index contributed by atoms with van der Waals surface area (Å²) in [5, 5.41) is 10.9. The lowest BCUT2D eigenvalue weighted by Gasteiger charge is -2.16. The number of carbonyl (C=O) groups is 2. The molecular weight excluding hydrogens is 258 g/mol. The number of aliphatic carboxylic acids is 1. The summed E-state index contributed by atoms with van der Waals surface area (Å²) in [7, 11) is 0. The molecule has 2 aliphatic rings. The van der Waals surface area contributed by atoms with E-state index in [4.69, 9.17) is 4.74 Å². The van der Waals surface area contributed by atoms with E-state index in [1.54, 1.807) is 4.90 Å². The highest BCUT2D eigenvalue weighted by atomic mass is 16.6. The first-order valence-corrected chi connectivity index (χ1v) is 6.77. The third-order valence-electron chi connectivity index (χ3n) is 4.32. The molecule has 2 atom stereocenters. The maximum absolute atomic E-state index is 12.0. The number of nitrogens with zero attached hydrogens (tertiary/aromatic N) is 1. The van der Waals surface area contributed by atoms with Crippen molar-refractivity contribution in [2.24, 2.45) is 11.3 Å². The average Bonchev–Trinajstić information content (AvgIpc) is 2.99. The van der Waals surface area contributed by atoms with E-state index < -0.39 is 11.9 Å². The minimum absolute atomic E-state index is 0.243. The van der Waals surface area contributed by atoms with Gasteiger partial charge in [0.1, 0.15) is 6.61 Å². The number of likely N-dealkylation sites (tertiary alicyclic amines) is 1. The zero-order valence-corrected chi connectivity index (χ0v) is 11.1. The van der Waals surface area contributed by atoms with Crippen molar-refractivity contribution in [3.8, 4) is 0 Å². The van der Waals surface area contributed by atoms with Crippen LogP contribution >= 0.6 is 0 Å². The zero-order valence-electron chi connectivity index (χ0n) is 11.1. The van der Waals surface area contributed by atoms with Crippen molar-refractivity contribution in [2.75, 3.05) is 13.1 Å². The molecule has 2 unspecified atom stereocenters. The molecule has 5 nitrogen and oxygen atoms in total. The summed E-state index contributed by atoms with van der Waals surface area (Å²) in [4.78, 5) is 24.4. The van der Waals surface area contributed by atoms with E-state index in [0.29, 0.717) is 19.5 Å². The normalized spacial score (nSPS) is 27.6. The lowest BCUT2D eigenvalue weighted by molar-refractivity contribution is -0.308. The van der Waals surface area contributed by atoms with Gasteiger partial charge in [0, 0.05) is 25.0 Å². The van der Waals surface area contributed by atoms with Crippen molar-refractivity contribution in [3.63, 3.8) is 0 Å². The molecule has 1 heterocycles. The van der Waals surface area contributed by atoms with E-state index in [-0.39, 0.29) is 18.1 Å². The van der Waals surface area contributed by atoms with Crippen LogP contribution in [0.25, 0.3) is 0 Å². The summed E-state index contributed by atoms with van der Waals surface area (Å²) in [6.45, 7) is 1.28. The molecule has 0 bridgehead atoms. The molecule has 1 saturated carbocycles. The molecule has 1 aliphatic heterocycles. The van der Waals surface area contributed by atoms with Gasteiger partial charge in [-0.15, -0.1) is 0 Å². The highest BCUT2D eigenvalue weighted by Gasteiger charge is 2.58. The van der Waals surface area contributed by atoms with E-state index in [1.165, 1.54) is 0 Å². The molecule has 20 heavy (non-hydrogen) atoms. The van der Waals surface area contributed by atoms with E-state index in [1.807, 2.05) is 30.3 Å². The minimum atomic E-state index is -0.996. The molecule has 1 aromatic rings. The van der Waals surface area contributed by atoms with Gasteiger partial charge in [-0.05, 0) is 23.8 Å². The Balaban J connectivity index is 1.51. The van der Waals surface area contributed by atoms with E-state index in [2.05, 4.69) is 0 Å². The first kappa shape index (κ1) is 13.0. The predicted molar refractivity (Wildman–Crippen MR) is 68.4 cm³/mol. The van der Waals surface area contributed by atoms with Crippen LogP contribution in [-0.4, -0.2) is 30.1 Å². The van der Waals surface area contributed by atoms with Crippen molar-refractivity contribution in [1.82, 2.24) is 4.90 Å². The summed E-state index contributed by atoms with van der Waals surface area (Å²) in [5.74, 6) is -1.39. The Bertz CT molecular complexity index is 530. The topological polar surface area (TPSA) is 69.7 Å². The molecule has 106 valence electrons. The fourth-order valence-corrected chi connectivity index (χ4v) is 2.99. The van der Waals surface area contributed by atoms with Crippen LogP contribution in [0.15, 0.2) is 30.3 Å². The molecule has 1 saturated heterocycles. The number of ether oxygens (including phenoxy) is 1. The molecule has 2 fully saturated rings.